The van der Waals surface area contributed by atoms with E-state index in [9.17, 15) is 4.79 Å². The fourth-order valence-electron chi connectivity index (χ4n) is 4.23. The zero-order chi connectivity index (χ0) is 28.0. The third kappa shape index (κ3) is 7.40. The van der Waals surface area contributed by atoms with Gasteiger partial charge in [-0.25, -0.2) is 9.97 Å². The molecule has 10 heteroatoms. The summed E-state index contributed by atoms with van der Waals surface area (Å²) in [5.74, 6) is 1.29. The monoisotopic (exact) mass is 551 g/mol. The fraction of sp³-hybridized carbons (Fsp3) is 0.414. The van der Waals surface area contributed by atoms with Gasteiger partial charge in [-0.15, -0.1) is 0 Å². The summed E-state index contributed by atoms with van der Waals surface area (Å²) in [7, 11) is 1.60. The van der Waals surface area contributed by atoms with Gasteiger partial charge in [0.15, 0.2) is 5.75 Å². The van der Waals surface area contributed by atoms with Crippen LogP contribution in [0, 0.1) is 6.92 Å². The molecule has 3 aromatic rings. The molecule has 1 aliphatic rings. The molecule has 208 valence electrons. The second-order valence-corrected chi connectivity index (χ2v) is 11.0. The molecular weight excluding hydrogens is 514 g/mol. The van der Waals surface area contributed by atoms with Crippen molar-refractivity contribution >= 4 is 29.2 Å². The van der Waals surface area contributed by atoms with Crippen molar-refractivity contribution in [2.45, 2.75) is 39.7 Å². The van der Waals surface area contributed by atoms with E-state index in [0.717, 1.165) is 48.8 Å². The van der Waals surface area contributed by atoms with Crippen LogP contribution < -0.4 is 19.5 Å². The van der Waals surface area contributed by atoms with Gasteiger partial charge in [-0.3, -0.25) is 9.69 Å². The minimum absolute atomic E-state index is 0.121. The summed E-state index contributed by atoms with van der Waals surface area (Å²) in [6.45, 7) is 12.2. The Morgan fingerprint density at radius 2 is 1.85 bits per heavy atom. The first-order valence-corrected chi connectivity index (χ1v) is 14.1. The normalized spacial score (nSPS) is 14.1. The summed E-state index contributed by atoms with van der Waals surface area (Å²) in [5, 5.41) is 3.04. The third-order valence-corrected chi connectivity index (χ3v) is 6.90. The van der Waals surface area contributed by atoms with Gasteiger partial charge < -0.3 is 24.2 Å². The second kappa shape index (κ2) is 12.7. The number of rotatable bonds is 9. The first-order valence-electron chi connectivity index (χ1n) is 12.9. The van der Waals surface area contributed by atoms with Crippen LogP contribution in [0.25, 0.3) is 0 Å². The second-order valence-electron chi connectivity index (χ2n) is 10.4. The highest BCUT2D eigenvalue weighted by molar-refractivity contribution is 7.99. The maximum Gasteiger partial charge on any atom is 0.255 e. The van der Waals surface area contributed by atoms with Crippen molar-refractivity contribution in [2.75, 3.05) is 49.7 Å². The number of hydrogen-bond donors (Lipinski definition) is 2. The van der Waals surface area contributed by atoms with Gasteiger partial charge in [0.25, 0.3) is 5.91 Å². The van der Waals surface area contributed by atoms with E-state index >= 15 is 0 Å². The lowest BCUT2D eigenvalue weighted by Gasteiger charge is -2.26. The molecule has 9 nitrogen and oxygen atoms in total. The molecule has 2 aromatic carbocycles. The molecule has 1 fully saturated rings. The van der Waals surface area contributed by atoms with Crippen LogP contribution in [-0.4, -0.2) is 60.4 Å². The minimum atomic E-state index is -0.269. The molecule has 0 saturated carbocycles. The molecule has 2 heterocycles. The molecule has 0 aliphatic carbocycles. The van der Waals surface area contributed by atoms with E-state index in [1.165, 1.54) is 18.3 Å². The van der Waals surface area contributed by atoms with Crippen LogP contribution in [0.3, 0.4) is 0 Å². The van der Waals surface area contributed by atoms with Crippen molar-refractivity contribution in [1.82, 2.24) is 14.9 Å². The van der Waals surface area contributed by atoms with E-state index in [1.807, 2.05) is 31.4 Å². The zero-order valence-electron chi connectivity index (χ0n) is 23.5. The van der Waals surface area contributed by atoms with Crippen LogP contribution in [0.4, 0.5) is 11.4 Å². The number of ether oxygens (including phenoxy) is 3. The highest BCUT2D eigenvalue weighted by atomic mass is 32.2. The van der Waals surface area contributed by atoms with E-state index in [4.69, 9.17) is 14.2 Å². The van der Waals surface area contributed by atoms with Gasteiger partial charge >= 0.3 is 0 Å². The topological polar surface area (TPSA) is 97.8 Å². The molecule has 0 atom stereocenters. The van der Waals surface area contributed by atoms with Gasteiger partial charge in [-0.05, 0) is 47.7 Å². The van der Waals surface area contributed by atoms with Crippen molar-refractivity contribution in [2.24, 2.45) is 0 Å². The van der Waals surface area contributed by atoms with E-state index in [-0.39, 0.29) is 11.3 Å². The van der Waals surface area contributed by atoms with Crippen molar-refractivity contribution in [3.05, 3.63) is 65.1 Å². The summed E-state index contributed by atoms with van der Waals surface area (Å²) >= 11 is 1.46. The number of methoxy groups -OCH3 is 1. The third-order valence-electron chi connectivity index (χ3n) is 6.47. The number of aromatic nitrogens is 2. The molecular formula is C29H37N5O4S. The van der Waals surface area contributed by atoms with Crippen molar-refractivity contribution < 1.29 is 19.0 Å². The van der Waals surface area contributed by atoms with Crippen LogP contribution in [0.15, 0.2) is 42.7 Å². The predicted molar refractivity (Wildman–Crippen MR) is 156 cm³/mol. The number of amides is 1. The van der Waals surface area contributed by atoms with E-state index < -0.39 is 0 Å². The Hall–Kier alpha value is -3.34. The lowest BCUT2D eigenvalue weighted by molar-refractivity contribution is 0.0336. The average molecular weight is 552 g/mol. The largest absolute Gasteiger partial charge is 0.492 e. The van der Waals surface area contributed by atoms with Gasteiger partial charge in [0.1, 0.15) is 12.1 Å². The standard InChI is InChI=1S/C29H37N5O4S/c1-19-7-8-20(13-25(19)38-26-16-22(30-18-31-26)17-34-9-11-37-12-10-34)28(35)32-23-14-21(29(2,3)4)15-24(33-39-6)27(23)36-5/h7-8,13-16,18,33H,9-12,17H2,1-6H3,(H,32,35). The number of nitrogens with one attached hydrogen (secondary N) is 2. The number of hydrogen-bond acceptors (Lipinski definition) is 9. The quantitative estimate of drug-likeness (QED) is 0.327. The molecule has 0 radical (unpaired) electrons. The Morgan fingerprint density at radius 3 is 2.54 bits per heavy atom. The summed E-state index contributed by atoms with van der Waals surface area (Å²) in [6, 6.07) is 11.2. The Labute approximate surface area is 234 Å². The highest BCUT2D eigenvalue weighted by Crippen LogP contribution is 2.40. The molecule has 1 aromatic heterocycles. The molecule has 1 amide bonds. The van der Waals surface area contributed by atoms with E-state index in [1.54, 1.807) is 19.2 Å². The van der Waals surface area contributed by atoms with Crippen molar-refractivity contribution in [1.29, 1.82) is 0 Å². The Morgan fingerprint density at radius 1 is 1.10 bits per heavy atom. The zero-order valence-corrected chi connectivity index (χ0v) is 24.3. The van der Waals surface area contributed by atoms with Gasteiger partial charge in [0, 0.05) is 37.5 Å². The van der Waals surface area contributed by atoms with Crippen LogP contribution in [-0.2, 0) is 16.7 Å². The predicted octanol–water partition coefficient (Wildman–Crippen LogP) is 5.66. The number of aryl methyl sites for hydroxylation is 1. The first kappa shape index (κ1) is 28.7. The lowest BCUT2D eigenvalue weighted by atomic mass is 9.86. The van der Waals surface area contributed by atoms with E-state index in [2.05, 4.69) is 51.7 Å². The lowest BCUT2D eigenvalue weighted by Crippen LogP contribution is -2.35. The summed E-state index contributed by atoms with van der Waals surface area (Å²) in [6.07, 6.45) is 3.45. The molecule has 1 aliphatic heterocycles. The number of nitrogens with zero attached hydrogens (tertiary/aromatic N) is 3. The smallest absolute Gasteiger partial charge is 0.255 e. The average Bonchev–Trinajstić information content (AvgIpc) is 2.90. The van der Waals surface area contributed by atoms with Gasteiger partial charge in [0.05, 0.1) is 37.4 Å². The molecule has 39 heavy (non-hydrogen) atoms. The summed E-state index contributed by atoms with van der Waals surface area (Å²) < 4.78 is 20.5. The number of carbonyl (C=O) groups excluding carboxylic acids is 1. The van der Waals surface area contributed by atoms with E-state index in [0.29, 0.717) is 35.2 Å². The SMILES string of the molecule is COc1c(NSC)cc(C(C)(C)C)cc1NC(=O)c1ccc(C)c(Oc2cc(CN3CCOCC3)ncn2)c1. The van der Waals surface area contributed by atoms with Crippen LogP contribution in [0.1, 0.15) is 48.0 Å². The summed E-state index contributed by atoms with van der Waals surface area (Å²) in [4.78, 5) is 24.4. The van der Waals surface area contributed by atoms with Crippen molar-refractivity contribution in [3.8, 4) is 17.4 Å². The van der Waals surface area contributed by atoms with Gasteiger partial charge in [-0.2, -0.15) is 0 Å². The Bertz CT molecular complexity index is 1310. The molecule has 0 bridgehead atoms. The first-order chi connectivity index (χ1) is 18.7. The number of carbonyl (C=O) groups is 1. The molecule has 0 unspecified atom stereocenters. The molecule has 2 N–H and O–H groups in total. The Kier molecular flexibility index (Phi) is 9.32. The number of anilines is 2. The van der Waals surface area contributed by atoms with Crippen molar-refractivity contribution in [3.63, 3.8) is 0 Å². The maximum atomic E-state index is 13.4. The van der Waals surface area contributed by atoms with Gasteiger partial charge in [-0.1, -0.05) is 38.8 Å². The minimum Gasteiger partial charge on any atom is -0.492 e. The van der Waals surface area contributed by atoms with Crippen LogP contribution >= 0.6 is 11.9 Å². The van der Waals surface area contributed by atoms with Crippen LogP contribution in [0.2, 0.25) is 0 Å². The highest BCUT2D eigenvalue weighted by Gasteiger charge is 2.21. The van der Waals surface area contributed by atoms with Crippen LogP contribution in [0.5, 0.6) is 17.4 Å². The molecule has 1 saturated heterocycles. The summed E-state index contributed by atoms with van der Waals surface area (Å²) in [5.41, 5.74) is 4.56. The maximum absolute atomic E-state index is 13.4. The molecule has 4 rings (SSSR count). The number of benzene rings is 2. The Balaban J connectivity index is 1.55. The fourth-order valence-corrected chi connectivity index (χ4v) is 4.60. The number of morpholine rings is 1. The molecule has 0 spiro atoms. The van der Waals surface area contributed by atoms with Gasteiger partial charge in [0.2, 0.25) is 5.88 Å².